The van der Waals surface area contributed by atoms with E-state index < -0.39 is 0 Å². The van der Waals surface area contributed by atoms with Crippen molar-refractivity contribution in [1.82, 2.24) is 30.0 Å². The molecule has 0 aliphatic carbocycles. The smallest absolute Gasteiger partial charge is 0.257 e. The molecular formula is C20H21N7OS. The molecule has 0 atom stereocenters. The van der Waals surface area contributed by atoms with Crippen molar-refractivity contribution in [1.29, 1.82) is 0 Å². The Morgan fingerprint density at radius 2 is 1.72 bits per heavy atom. The summed E-state index contributed by atoms with van der Waals surface area (Å²) in [4.78, 5) is 14.8. The highest BCUT2D eigenvalue weighted by Crippen LogP contribution is 2.23. The molecule has 8 nitrogen and oxygen atoms in total. The normalized spacial score (nSPS) is 15.9. The molecule has 148 valence electrons. The molecule has 0 spiro atoms. The van der Waals surface area contributed by atoms with Crippen LogP contribution in [0.3, 0.4) is 0 Å². The first-order valence-electron chi connectivity index (χ1n) is 9.57. The van der Waals surface area contributed by atoms with Crippen LogP contribution in [0.15, 0.2) is 46.2 Å². The molecular weight excluding hydrogens is 386 g/mol. The minimum absolute atomic E-state index is 0.544. The second kappa shape index (κ2) is 7.86. The number of piperazine rings is 1. The lowest BCUT2D eigenvalue weighted by molar-refractivity contribution is 0.113. The van der Waals surface area contributed by atoms with Crippen LogP contribution < -0.4 is 5.73 Å². The van der Waals surface area contributed by atoms with Gasteiger partial charge < -0.3 is 10.2 Å². The summed E-state index contributed by atoms with van der Waals surface area (Å²) in [6.07, 6.45) is 0. The SMILES string of the molecule is Nc1nc(CN2CCN(Cc3nnc(-c4cccs4)o3)CC2)nc2ccccc12. The van der Waals surface area contributed by atoms with Gasteiger partial charge in [-0.2, -0.15) is 0 Å². The predicted octanol–water partition coefficient (Wildman–Crippen LogP) is 2.64. The van der Waals surface area contributed by atoms with Gasteiger partial charge in [0.1, 0.15) is 11.6 Å². The van der Waals surface area contributed by atoms with E-state index >= 15 is 0 Å². The van der Waals surface area contributed by atoms with E-state index in [2.05, 4.69) is 30.0 Å². The highest BCUT2D eigenvalue weighted by molar-refractivity contribution is 7.13. The third kappa shape index (κ3) is 3.98. The maximum atomic E-state index is 6.11. The van der Waals surface area contributed by atoms with Gasteiger partial charge in [0.05, 0.1) is 23.5 Å². The largest absolute Gasteiger partial charge is 0.419 e. The predicted molar refractivity (Wildman–Crippen MR) is 112 cm³/mol. The van der Waals surface area contributed by atoms with Crippen LogP contribution in [0.5, 0.6) is 0 Å². The van der Waals surface area contributed by atoms with Crippen molar-refractivity contribution < 1.29 is 4.42 Å². The summed E-state index contributed by atoms with van der Waals surface area (Å²) >= 11 is 1.60. The maximum absolute atomic E-state index is 6.11. The standard InChI is InChI=1S/C20H21N7OS/c21-19-14-4-1-2-5-15(14)22-17(23-19)12-26-7-9-27(10-8-26)13-18-24-25-20(28-18)16-6-3-11-29-16/h1-6,11H,7-10,12-13H2,(H2,21,22,23). The van der Waals surface area contributed by atoms with Gasteiger partial charge in [0.15, 0.2) is 0 Å². The third-order valence-corrected chi connectivity index (χ3v) is 5.92. The summed E-state index contributed by atoms with van der Waals surface area (Å²) in [5.41, 5.74) is 7.00. The van der Waals surface area contributed by atoms with Crippen molar-refractivity contribution in [2.75, 3.05) is 31.9 Å². The zero-order chi connectivity index (χ0) is 19.6. The van der Waals surface area contributed by atoms with Gasteiger partial charge in [-0.05, 0) is 23.6 Å². The molecule has 1 aliphatic rings. The first-order chi connectivity index (χ1) is 14.2. The van der Waals surface area contributed by atoms with Gasteiger partial charge in [0.25, 0.3) is 5.89 Å². The lowest BCUT2D eigenvalue weighted by Gasteiger charge is -2.33. The van der Waals surface area contributed by atoms with Gasteiger partial charge >= 0.3 is 0 Å². The van der Waals surface area contributed by atoms with Gasteiger partial charge in [-0.1, -0.05) is 18.2 Å². The number of rotatable bonds is 5. The monoisotopic (exact) mass is 407 g/mol. The number of benzene rings is 1. The van der Waals surface area contributed by atoms with E-state index in [0.717, 1.165) is 47.8 Å². The summed E-state index contributed by atoms with van der Waals surface area (Å²) in [7, 11) is 0. The molecule has 0 radical (unpaired) electrons. The summed E-state index contributed by atoms with van der Waals surface area (Å²) < 4.78 is 5.81. The van der Waals surface area contributed by atoms with E-state index in [0.29, 0.717) is 30.7 Å². The number of fused-ring (bicyclic) bond motifs is 1. The van der Waals surface area contributed by atoms with E-state index in [4.69, 9.17) is 10.2 Å². The number of hydrogen-bond acceptors (Lipinski definition) is 9. The molecule has 0 bridgehead atoms. The van der Waals surface area contributed by atoms with Crippen molar-refractivity contribution in [3.05, 3.63) is 53.5 Å². The minimum atomic E-state index is 0.544. The minimum Gasteiger partial charge on any atom is -0.419 e. The lowest BCUT2D eigenvalue weighted by Crippen LogP contribution is -2.45. The molecule has 1 saturated heterocycles. The summed E-state index contributed by atoms with van der Waals surface area (Å²) in [5, 5.41) is 11.3. The Kier molecular flexibility index (Phi) is 4.92. The molecule has 29 heavy (non-hydrogen) atoms. The summed E-state index contributed by atoms with van der Waals surface area (Å²) in [6, 6.07) is 11.8. The van der Waals surface area contributed by atoms with Crippen molar-refractivity contribution in [2.45, 2.75) is 13.1 Å². The highest BCUT2D eigenvalue weighted by Gasteiger charge is 2.20. The first kappa shape index (κ1) is 18.2. The summed E-state index contributed by atoms with van der Waals surface area (Å²) in [6.45, 7) is 5.10. The van der Waals surface area contributed by atoms with E-state index in [9.17, 15) is 0 Å². The lowest BCUT2D eigenvalue weighted by atomic mass is 10.2. The van der Waals surface area contributed by atoms with Crippen LogP contribution in [0.2, 0.25) is 0 Å². The number of thiophene rings is 1. The number of para-hydroxylation sites is 1. The number of hydrogen-bond donors (Lipinski definition) is 1. The Labute approximate surface area is 172 Å². The van der Waals surface area contributed by atoms with E-state index in [1.54, 1.807) is 11.3 Å². The van der Waals surface area contributed by atoms with Crippen LogP contribution in [0.1, 0.15) is 11.7 Å². The third-order valence-electron chi connectivity index (χ3n) is 5.07. The Balaban J connectivity index is 1.18. The van der Waals surface area contributed by atoms with Crippen LogP contribution in [0.4, 0.5) is 5.82 Å². The maximum Gasteiger partial charge on any atom is 0.257 e. The molecule has 4 heterocycles. The number of nitrogen functional groups attached to an aromatic ring is 1. The first-order valence-corrected chi connectivity index (χ1v) is 10.4. The second-order valence-electron chi connectivity index (χ2n) is 7.07. The second-order valence-corrected chi connectivity index (χ2v) is 8.02. The number of anilines is 1. The van der Waals surface area contributed by atoms with Gasteiger partial charge in [0, 0.05) is 31.6 Å². The average Bonchev–Trinajstić information content (AvgIpc) is 3.41. The molecule has 9 heteroatoms. The van der Waals surface area contributed by atoms with Crippen molar-refractivity contribution >= 4 is 28.1 Å². The molecule has 1 aliphatic heterocycles. The van der Waals surface area contributed by atoms with Crippen LogP contribution >= 0.6 is 11.3 Å². The van der Waals surface area contributed by atoms with Crippen LogP contribution in [-0.4, -0.2) is 56.1 Å². The fourth-order valence-corrected chi connectivity index (χ4v) is 4.18. The summed E-state index contributed by atoms with van der Waals surface area (Å²) in [5.74, 6) is 2.57. The Bertz CT molecular complexity index is 1100. The van der Waals surface area contributed by atoms with Crippen molar-refractivity contribution in [3.8, 4) is 10.8 Å². The van der Waals surface area contributed by atoms with Crippen molar-refractivity contribution in [3.63, 3.8) is 0 Å². The van der Waals surface area contributed by atoms with Gasteiger partial charge in [0.2, 0.25) is 5.89 Å². The van der Waals surface area contributed by atoms with Gasteiger partial charge in [-0.3, -0.25) is 9.80 Å². The molecule has 2 N–H and O–H groups in total. The molecule has 1 aromatic carbocycles. The quantitative estimate of drug-likeness (QED) is 0.539. The highest BCUT2D eigenvalue weighted by atomic mass is 32.1. The molecule has 0 unspecified atom stereocenters. The fraction of sp³-hybridized carbons (Fsp3) is 0.300. The van der Waals surface area contributed by atoms with Gasteiger partial charge in [-0.25, -0.2) is 9.97 Å². The van der Waals surface area contributed by atoms with Crippen LogP contribution in [0.25, 0.3) is 21.7 Å². The molecule has 3 aromatic heterocycles. The topological polar surface area (TPSA) is 97.2 Å². The zero-order valence-electron chi connectivity index (χ0n) is 15.9. The Morgan fingerprint density at radius 3 is 2.52 bits per heavy atom. The van der Waals surface area contributed by atoms with E-state index in [-0.39, 0.29) is 0 Å². The molecule has 4 aromatic rings. The zero-order valence-corrected chi connectivity index (χ0v) is 16.7. The number of nitrogens with zero attached hydrogens (tertiary/aromatic N) is 6. The molecule has 0 amide bonds. The fourth-order valence-electron chi connectivity index (χ4n) is 3.54. The number of aromatic nitrogens is 4. The van der Waals surface area contributed by atoms with Crippen LogP contribution in [0, 0.1) is 0 Å². The average molecular weight is 408 g/mol. The van der Waals surface area contributed by atoms with E-state index in [1.165, 1.54) is 0 Å². The molecule has 0 saturated carbocycles. The number of nitrogens with two attached hydrogens (primary N) is 1. The molecule has 1 fully saturated rings. The van der Waals surface area contributed by atoms with Crippen LogP contribution in [-0.2, 0) is 13.1 Å². The molecule has 5 rings (SSSR count). The van der Waals surface area contributed by atoms with Crippen molar-refractivity contribution in [2.24, 2.45) is 0 Å². The van der Waals surface area contributed by atoms with Gasteiger partial charge in [-0.15, -0.1) is 21.5 Å². The van der Waals surface area contributed by atoms with E-state index in [1.807, 2.05) is 41.8 Å². The Hall–Kier alpha value is -2.88. The Morgan fingerprint density at radius 1 is 0.931 bits per heavy atom.